The lowest BCUT2D eigenvalue weighted by Gasteiger charge is -2.29. The molecular formula is C23H30ClN5O2. The quantitative estimate of drug-likeness (QED) is 0.639. The van der Waals surface area contributed by atoms with Gasteiger partial charge in [0.1, 0.15) is 17.5 Å². The number of aryl methyl sites for hydroxylation is 1. The number of nitrogens with zero attached hydrogens (tertiary/aromatic N) is 3. The Morgan fingerprint density at radius 2 is 1.84 bits per heavy atom. The molecule has 1 amide bonds. The summed E-state index contributed by atoms with van der Waals surface area (Å²) in [4.78, 5) is 24.4. The van der Waals surface area contributed by atoms with Crippen molar-refractivity contribution in [1.82, 2.24) is 15.3 Å². The minimum absolute atomic E-state index is 0.0991. The average Bonchev–Trinajstić information content (AvgIpc) is 3.28. The van der Waals surface area contributed by atoms with Gasteiger partial charge in [0.05, 0.1) is 18.6 Å². The molecule has 2 aromatic rings. The second-order valence-electron chi connectivity index (χ2n) is 8.24. The van der Waals surface area contributed by atoms with E-state index in [1.807, 2.05) is 37.3 Å². The number of carbonyl (C=O) groups is 1. The highest BCUT2D eigenvalue weighted by Gasteiger charge is 2.42. The van der Waals surface area contributed by atoms with Crippen LogP contribution in [0.2, 0.25) is 5.02 Å². The SMILES string of the molecule is Cc1nc(NCCNC(=O)C2(c3ccc(Cl)cc3)CCCC2)cc(N2CCOCC2)n1. The molecule has 4 rings (SSSR count). The van der Waals surface area contributed by atoms with E-state index in [0.717, 1.165) is 61.8 Å². The summed E-state index contributed by atoms with van der Waals surface area (Å²) < 4.78 is 5.42. The van der Waals surface area contributed by atoms with E-state index in [0.29, 0.717) is 31.3 Å². The van der Waals surface area contributed by atoms with Crippen LogP contribution in [-0.4, -0.2) is 55.3 Å². The number of amides is 1. The van der Waals surface area contributed by atoms with E-state index in [-0.39, 0.29) is 5.91 Å². The third-order valence-electron chi connectivity index (χ3n) is 6.16. The molecule has 31 heavy (non-hydrogen) atoms. The second kappa shape index (κ2) is 9.83. The van der Waals surface area contributed by atoms with Crippen LogP contribution in [0.3, 0.4) is 0 Å². The maximum Gasteiger partial charge on any atom is 0.230 e. The molecular weight excluding hydrogens is 414 g/mol. The molecule has 2 heterocycles. The second-order valence-corrected chi connectivity index (χ2v) is 8.67. The van der Waals surface area contributed by atoms with Gasteiger partial charge in [-0.25, -0.2) is 9.97 Å². The molecule has 2 aliphatic rings. The van der Waals surface area contributed by atoms with Gasteiger partial charge in [0.25, 0.3) is 0 Å². The first kappa shape index (κ1) is 21.8. The van der Waals surface area contributed by atoms with E-state index in [4.69, 9.17) is 16.3 Å². The van der Waals surface area contributed by atoms with Gasteiger partial charge < -0.3 is 20.3 Å². The molecule has 7 nitrogen and oxygen atoms in total. The van der Waals surface area contributed by atoms with Crippen molar-refractivity contribution >= 4 is 29.1 Å². The van der Waals surface area contributed by atoms with Gasteiger partial charge in [0, 0.05) is 37.3 Å². The molecule has 2 fully saturated rings. The number of halogens is 1. The molecule has 1 aliphatic heterocycles. The summed E-state index contributed by atoms with van der Waals surface area (Å²) in [7, 11) is 0. The molecule has 1 aromatic heterocycles. The Hall–Kier alpha value is -2.38. The highest BCUT2D eigenvalue weighted by Crippen LogP contribution is 2.41. The first-order chi connectivity index (χ1) is 15.1. The average molecular weight is 444 g/mol. The van der Waals surface area contributed by atoms with Gasteiger partial charge in [-0.05, 0) is 37.5 Å². The van der Waals surface area contributed by atoms with E-state index >= 15 is 0 Å². The predicted octanol–water partition coefficient (Wildman–Crippen LogP) is 3.32. The van der Waals surface area contributed by atoms with Crippen LogP contribution < -0.4 is 15.5 Å². The monoisotopic (exact) mass is 443 g/mol. The lowest BCUT2D eigenvalue weighted by Crippen LogP contribution is -2.44. The van der Waals surface area contributed by atoms with Crippen LogP contribution in [0.15, 0.2) is 30.3 Å². The van der Waals surface area contributed by atoms with Crippen molar-refractivity contribution < 1.29 is 9.53 Å². The third kappa shape index (κ3) is 5.10. The molecule has 166 valence electrons. The molecule has 2 N–H and O–H groups in total. The number of hydrogen-bond acceptors (Lipinski definition) is 6. The lowest BCUT2D eigenvalue weighted by molar-refractivity contribution is -0.126. The van der Waals surface area contributed by atoms with Crippen molar-refractivity contribution in [2.24, 2.45) is 0 Å². The summed E-state index contributed by atoms with van der Waals surface area (Å²) in [6, 6.07) is 9.68. The summed E-state index contributed by atoms with van der Waals surface area (Å²) in [5, 5.41) is 7.16. The van der Waals surface area contributed by atoms with Gasteiger partial charge in [-0.1, -0.05) is 36.6 Å². The zero-order valence-electron chi connectivity index (χ0n) is 18.0. The summed E-state index contributed by atoms with van der Waals surface area (Å²) in [5.74, 6) is 2.51. The predicted molar refractivity (Wildman–Crippen MR) is 123 cm³/mol. The third-order valence-corrected chi connectivity index (χ3v) is 6.42. The van der Waals surface area contributed by atoms with Crippen molar-refractivity contribution in [3.05, 3.63) is 46.7 Å². The van der Waals surface area contributed by atoms with Crippen molar-refractivity contribution in [2.75, 3.05) is 49.6 Å². The van der Waals surface area contributed by atoms with Crippen molar-refractivity contribution in [1.29, 1.82) is 0 Å². The molecule has 0 radical (unpaired) electrons. The fraction of sp³-hybridized carbons (Fsp3) is 0.522. The normalized spacial score (nSPS) is 18.1. The fourth-order valence-electron chi connectivity index (χ4n) is 4.53. The summed E-state index contributed by atoms with van der Waals surface area (Å²) >= 11 is 6.05. The van der Waals surface area contributed by atoms with Crippen LogP contribution in [-0.2, 0) is 14.9 Å². The van der Waals surface area contributed by atoms with E-state index in [1.54, 1.807) is 0 Å². The maximum absolute atomic E-state index is 13.2. The highest BCUT2D eigenvalue weighted by atomic mass is 35.5. The smallest absolute Gasteiger partial charge is 0.230 e. The molecule has 1 aliphatic carbocycles. The van der Waals surface area contributed by atoms with Crippen LogP contribution >= 0.6 is 11.6 Å². The zero-order chi connectivity index (χ0) is 21.7. The van der Waals surface area contributed by atoms with Gasteiger partial charge in [0.2, 0.25) is 5.91 Å². The molecule has 0 atom stereocenters. The Bertz CT molecular complexity index is 893. The molecule has 8 heteroatoms. The number of morpholine rings is 1. The maximum atomic E-state index is 13.2. The first-order valence-electron chi connectivity index (χ1n) is 11.0. The molecule has 1 aromatic carbocycles. The molecule has 0 bridgehead atoms. The number of nitrogens with one attached hydrogen (secondary N) is 2. The number of aromatic nitrogens is 2. The van der Waals surface area contributed by atoms with E-state index in [1.165, 1.54) is 0 Å². The zero-order valence-corrected chi connectivity index (χ0v) is 18.7. The van der Waals surface area contributed by atoms with Crippen molar-refractivity contribution in [3.63, 3.8) is 0 Å². The van der Waals surface area contributed by atoms with Gasteiger partial charge in [-0.3, -0.25) is 4.79 Å². The summed E-state index contributed by atoms with van der Waals surface area (Å²) in [6.07, 6.45) is 3.89. The topological polar surface area (TPSA) is 79.4 Å². The van der Waals surface area contributed by atoms with Gasteiger partial charge in [-0.15, -0.1) is 0 Å². The minimum Gasteiger partial charge on any atom is -0.378 e. The van der Waals surface area contributed by atoms with E-state index in [2.05, 4.69) is 25.5 Å². The fourth-order valence-corrected chi connectivity index (χ4v) is 4.65. The largest absolute Gasteiger partial charge is 0.378 e. The Morgan fingerprint density at radius 3 is 2.55 bits per heavy atom. The van der Waals surface area contributed by atoms with Crippen molar-refractivity contribution in [2.45, 2.75) is 38.0 Å². The van der Waals surface area contributed by atoms with Crippen molar-refractivity contribution in [3.8, 4) is 0 Å². The highest BCUT2D eigenvalue weighted by molar-refractivity contribution is 6.30. The number of anilines is 2. The lowest BCUT2D eigenvalue weighted by atomic mass is 9.78. The van der Waals surface area contributed by atoms with E-state index in [9.17, 15) is 4.79 Å². The van der Waals surface area contributed by atoms with Crippen LogP contribution in [0.25, 0.3) is 0 Å². The summed E-state index contributed by atoms with van der Waals surface area (Å²) in [6.45, 7) is 6.12. The Labute approximate surface area is 188 Å². The summed E-state index contributed by atoms with van der Waals surface area (Å²) in [5.41, 5.74) is 0.612. The Morgan fingerprint density at radius 1 is 1.13 bits per heavy atom. The van der Waals surface area contributed by atoms with Crippen LogP contribution in [0.1, 0.15) is 37.1 Å². The van der Waals surface area contributed by atoms with Gasteiger partial charge in [0.15, 0.2) is 0 Å². The number of carbonyl (C=O) groups excluding carboxylic acids is 1. The Balaban J connectivity index is 1.34. The van der Waals surface area contributed by atoms with Crippen LogP contribution in [0.4, 0.5) is 11.6 Å². The number of benzene rings is 1. The van der Waals surface area contributed by atoms with Crippen LogP contribution in [0.5, 0.6) is 0 Å². The standard InChI is InChI=1S/C23H30ClN5O2/c1-17-27-20(16-21(28-17)29-12-14-31-15-13-29)25-10-11-26-22(30)23(8-2-3-9-23)18-4-6-19(24)7-5-18/h4-7,16H,2-3,8-15H2,1H3,(H,26,30)(H,25,27,28). The number of rotatable bonds is 7. The van der Waals surface area contributed by atoms with E-state index < -0.39 is 5.41 Å². The van der Waals surface area contributed by atoms with Gasteiger partial charge in [-0.2, -0.15) is 0 Å². The van der Waals surface area contributed by atoms with Gasteiger partial charge >= 0.3 is 0 Å². The first-order valence-corrected chi connectivity index (χ1v) is 11.4. The molecule has 0 spiro atoms. The number of hydrogen-bond donors (Lipinski definition) is 2. The Kier molecular flexibility index (Phi) is 6.92. The molecule has 0 unspecified atom stereocenters. The molecule has 1 saturated heterocycles. The van der Waals surface area contributed by atoms with Crippen LogP contribution in [0, 0.1) is 6.92 Å². The minimum atomic E-state index is -0.445. The molecule has 1 saturated carbocycles. The number of ether oxygens (including phenoxy) is 1.